The molecule has 1 N–H and O–H groups in total. The zero-order chi connectivity index (χ0) is 25.2. The molecule has 7 heteroatoms. The third-order valence-corrected chi connectivity index (χ3v) is 8.18. The quantitative estimate of drug-likeness (QED) is 0.548. The topological polar surface area (TPSA) is 77.5 Å². The molecule has 7 atom stereocenters. The first-order valence-corrected chi connectivity index (χ1v) is 13.0. The molecule has 1 saturated heterocycles. The van der Waals surface area contributed by atoms with Crippen LogP contribution in [0.25, 0.3) is 17.2 Å². The fourth-order valence-electron chi connectivity index (χ4n) is 6.64. The third kappa shape index (κ3) is 5.01. The molecule has 1 aromatic heterocycles. The zero-order valence-electron chi connectivity index (χ0n) is 20.7. The molecule has 6 nitrogen and oxygen atoms in total. The summed E-state index contributed by atoms with van der Waals surface area (Å²) in [5, 5.41) is 3.00. The van der Waals surface area contributed by atoms with Gasteiger partial charge in [0.15, 0.2) is 0 Å². The van der Waals surface area contributed by atoms with Gasteiger partial charge < -0.3 is 14.8 Å². The van der Waals surface area contributed by atoms with Crippen LogP contribution in [-0.2, 0) is 14.3 Å². The zero-order valence-corrected chi connectivity index (χ0v) is 20.7. The molecule has 1 aromatic carbocycles. The van der Waals surface area contributed by atoms with Crippen LogP contribution in [0, 0.1) is 35.4 Å². The second-order valence-electron chi connectivity index (χ2n) is 10.3. The number of carbonyl (C=O) groups is 2. The molecule has 0 radical (unpaired) electrons. The summed E-state index contributed by atoms with van der Waals surface area (Å²) in [5.74, 6) is 0.629. The van der Waals surface area contributed by atoms with Gasteiger partial charge in [-0.1, -0.05) is 24.3 Å². The predicted molar refractivity (Wildman–Crippen MR) is 134 cm³/mol. The molecule has 0 spiro atoms. The number of carbonyl (C=O) groups excluding carboxylic acids is 2. The normalized spacial score (nSPS) is 31.4. The van der Waals surface area contributed by atoms with Gasteiger partial charge in [0.05, 0.1) is 18.2 Å². The van der Waals surface area contributed by atoms with E-state index in [0.29, 0.717) is 18.4 Å². The maximum atomic E-state index is 13.6. The predicted octanol–water partition coefficient (Wildman–Crippen LogP) is 5.63. The van der Waals surface area contributed by atoms with Gasteiger partial charge in [-0.3, -0.25) is 9.78 Å². The Hall–Kier alpha value is -3.22. The minimum atomic E-state index is -0.368. The summed E-state index contributed by atoms with van der Waals surface area (Å²) >= 11 is 0. The van der Waals surface area contributed by atoms with E-state index in [-0.39, 0.29) is 47.8 Å². The molecule has 2 aliphatic carbocycles. The SMILES string of the molecule is CCOC(=O)N[C@@H]1CC[C@H]2[C@H](C1)C[C@H]1C(=O)O[C@H](C)[C@H]1[C@@H]2/C=C/c1ccc(-c2cccc(F)c2)cn1. The van der Waals surface area contributed by atoms with Crippen molar-refractivity contribution in [2.75, 3.05) is 6.61 Å². The lowest BCUT2D eigenvalue weighted by Gasteiger charge is -2.47. The number of pyridine rings is 1. The Kier molecular flexibility index (Phi) is 7.08. The first-order chi connectivity index (χ1) is 17.4. The van der Waals surface area contributed by atoms with E-state index in [9.17, 15) is 14.0 Å². The van der Waals surface area contributed by atoms with Crippen molar-refractivity contribution in [2.24, 2.45) is 29.6 Å². The number of rotatable bonds is 5. The van der Waals surface area contributed by atoms with E-state index < -0.39 is 0 Å². The standard InChI is InChI=1S/C29H33FN2O4/c1-3-35-29(34)32-23-10-11-24-20(14-23)15-26-27(17(2)36-28(26)33)25(24)12-9-22-8-7-19(16-31-22)18-5-4-6-21(30)13-18/h4-9,12-13,16-17,20,23-27H,3,10-11,14-15H2,1-2H3,(H,32,34)/b12-9+/t17-,20-,23-,24+,25-,26-,27+/m1/s1. The van der Waals surface area contributed by atoms with Crippen molar-refractivity contribution in [3.05, 3.63) is 60.2 Å². The fraction of sp³-hybridized carbons (Fsp3) is 0.483. The smallest absolute Gasteiger partial charge is 0.407 e. The summed E-state index contributed by atoms with van der Waals surface area (Å²) in [6, 6.07) is 10.4. The first kappa shape index (κ1) is 24.5. The average Bonchev–Trinajstić information content (AvgIpc) is 3.15. The molecule has 1 amide bonds. The fourth-order valence-corrected chi connectivity index (χ4v) is 6.64. The Balaban J connectivity index is 1.34. The number of ether oxygens (including phenoxy) is 2. The second kappa shape index (κ2) is 10.4. The highest BCUT2D eigenvalue weighted by atomic mass is 19.1. The highest BCUT2D eigenvalue weighted by Crippen LogP contribution is 2.53. The lowest BCUT2D eigenvalue weighted by atomic mass is 9.57. The first-order valence-electron chi connectivity index (χ1n) is 13.0. The number of esters is 1. The number of halogens is 1. The Bertz CT molecular complexity index is 1130. The van der Waals surface area contributed by atoms with Crippen molar-refractivity contribution in [3.63, 3.8) is 0 Å². The number of benzene rings is 1. The Morgan fingerprint density at radius 3 is 2.83 bits per heavy atom. The summed E-state index contributed by atoms with van der Waals surface area (Å²) in [4.78, 5) is 29.2. The van der Waals surface area contributed by atoms with Crippen LogP contribution in [0.2, 0.25) is 0 Å². The van der Waals surface area contributed by atoms with Crippen LogP contribution in [0.1, 0.15) is 45.2 Å². The molecule has 5 rings (SSSR count). The molecular formula is C29H33FN2O4. The number of allylic oxidation sites excluding steroid dienone is 1. The molecule has 36 heavy (non-hydrogen) atoms. The number of cyclic esters (lactones) is 1. The van der Waals surface area contributed by atoms with Gasteiger partial charge in [-0.05, 0) is 87.1 Å². The summed E-state index contributed by atoms with van der Waals surface area (Å²) in [5.41, 5.74) is 2.48. The van der Waals surface area contributed by atoms with Crippen molar-refractivity contribution in [1.82, 2.24) is 10.3 Å². The molecule has 0 unspecified atom stereocenters. The monoisotopic (exact) mass is 492 g/mol. The maximum absolute atomic E-state index is 13.6. The molecule has 0 bridgehead atoms. The van der Waals surface area contributed by atoms with Gasteiger partial charge in [0.1, 0.15) is 11.9 Å². The van der Waals surface area contributed by atoms with E-state index >= 15 is 0 Å². The number of fused-ring (bicyclic) bond motifs is 2. The Morgan fingerprint density at radius 1 is 1.22 bits per heavy atom. The highest BCUT2D eigenvalue weighted by molar-refractivity contribution is 5.75. The average molecular weight is 493 g/mol. The maximum Gasteiger partial charge on any atom is 0.407 e. The molecule has 1 aliphatic heterocycles. The summed E-state index contributed by atoms with van der Waals surface area (Å²) in [6.07, 6.45) is 9.07. The third-order valence-electron chi connectivity index (χ3n) is 8.18. The van der Waals surface area contributed by atoms with Gasteiger partial charge in [0.2, 0.25) is 0 Å². The number of alkyl carbamates (subject to hydrolysis) is 1. The van der Waals surface area contributed by atoms with Gasteiger partial charge >= 0.3 is 12.1 Å². The van der Waals surface area contributed by atoms with Gasteiger partial charge in [0.25, 0.3) is 0 Å². The number of nitrogens with zero attached hydrogens (tertiary/aromatic N) is 1. The highest BCUT2D eigenvalue weighted by Gasteiger charge is 2.54. The van der Waals surface area contributed by atoms with Crippen molar-refractivity contribution in [2.45, 2.75) is 51.7 Å². The van der Waals surface area contributed by atoms with E-state index in [2.05, 4.69) is 16.4 Å². The number of aromatic nitrogens is 1. The van der Waals surface area contributed by atoms with E-state index in [0.717, 1.165) is 42.5 Å². The van der Waals surface area contributed by atoms with Crippen LogP contribution >= 0.6 is 0 Å². The van der Waals surface area contributed by atoms with Gasteiger partial charge in [0, 0.05) is 23.7 Å². The number of nitrogens with one attached hydrogen (secondary N) is 1. The number of hydrogen-bond donors (Lipinski definition) is 1. The number of amides is 1. The molecule has 2 aromatic rings. The summed E-state index contributed by atoms with van der Waals surface area (Å²) in [6.45, 7) is 4.15. The van der Waals surface area contributed by atoms with Crippen molar-refractivity contribution < 1.29 is 23.5 Å². The van der Waals surface area contributed by atoms with Crippen LogP contribution in [-0.4, -0.2) is 35.8 Å². The van der Waals surface area contributed by atoms with Crippen molar-refractivity contribution in [1.29, 1.82) is 0 Å². The van der Waals surface area contributed by atoms with E-state index in [1.54, 1.807) is 19.2 Å². The minimum Gasteiger partial charge on any atom is -0.462 e. The van der Waals surface area contributed by atoms with Gasteiger partial charge in [-0.2, -0.15) is 0 Å². The molecule has 2 heterocycles. The summed E-state index contributed by atoms with van der Waals surface area (Å²) in [7, 11) is 0. The van der Waals surface area contributed by atoms with Crippen molar-refractivity contribution in [3.8, 4) is 11.1 Å². The Morgan fingerprint density at radius 2 is 2.08 bits per heavy atom. The van der Waals surface area contributed by atoms with Gasteiger partial charge in [-0.25, -0.2) is 9.18 Å². The lowest BCUT2D eigenvalue weighted by Crippen LogP contribution is -2.48. The Labute approximate surface area is 211 Å². The second-order valence-corrected chi connectivity index (χ2v) is 10.3. The van der Waals surface area contributed by atoms with Crippen LogP contribution in [0.5, 0.6) is 0 Å². The van der Waals surface area contributed by atoms with Crippen molar-refractivity contribution >= 4 is 18.1 Å². The largest absolute Gasteiger partial charge is 0.462 e. The van der Waals surface area contributed by atoms with E-state index in [1.807, 2.05) is 31.2 Å². The molecule has 3 aliphatic rings. The van der Waals surface area contributed by atoms with Crippen LogP contribution in [0.3, 0.4) is 0 Å². The van der Waals surface area contributed by atoms with Gasteiger partial charge in [-0.15, -0.1) is 0 Å². The lowest BCUT2D eigenvalue weighted by molar-refractivity contribution is -0.144. The van der Waals surface area contributed by atoms with E-state index in [4.69, 9.17) is 9.47 Å². The van der Waals surface area contributed by atoms with E-state index in [1.165, 1.54) is 12.1 Å². The molecular weight excluding hydrogens is 459 g/mol. The molecule has 3 fully saturated rings. The summed E-state index contributed by atoms with van der Waals surface area (Å²) < 4.78 is 24.3. The van der Waals surface area contributed by atoms with Crippen LogP contribution < -0.4 is 5.32 Å². The molecule has 2 saturated carbocycles. The van der Waals surface area contributed by atoms with Crippen LogP contribution in [0.4, 0.5) is 9.18 Å². The minimum absolute atomic E-state index is 0.0679. The number of hydrogen-bond acceptors (Lipinski definition) is 5. The molecule has 190 valence electrons. The van der Waals surface area contributed by atoms with Crippen LogP contribution in [0.15, 0.2) is 48.7 Å².